The summed E-state index contributed by atoms with van der Waals surface area (Å²) < 4.78 is 0. The molecule has 36 heavy (non-hydrogen) atoms. The van der Waals surface area contributed by atoms with E-state index in [0.29, 0.717) is 52.1 Å². The first kappa shape index (κ1) is 25.9. The van der Waals surface area contributed by atoms with Crippen LogP contribution in [0.25, 0.3) is 0 Å². The predicted molar refractivity (Wildman–Crippen MR) is 142 cm³/mol. The second kappa shape index (κ2) is 11.2. The highest BCUT2D eigenvalue weighted by Crippen LogP contribution is 2.26. The number of hydrogen-bond donors (Lipinski definition) is 1. The van der Waals surface area contributed by atoms with Gasteiger partial charge in [0.15, 0.2) is 0 Å². The van der Waals surface area contributed by atoms with Crippen molar-refractivity contribution in [2.24, 2.45) is 5.92 Å². The van der Waals surface area contributed by atoms with Gasteiger partial charge in [-0.25, -0.2) is 0 Å². The minimum atomic E-state index is -0.468. The maximum atomic E-state index is 13.6. The summed E-state index contributed by atoms with van der Waals surface area (Å²) in [6.07, 6.45) is 0.992. The van der Waals surface area contributed by atoms with Gasteiger partial charge in [-0.05, 0) is 42.0 Å². The second-order valence-corrected chi connectivity index (χ2v) is 10.5. The normalized spacial score (nSPS) is 18.2. The maximum Gasteiger partial charge on any atom is 0.245 e. The molecule has 0 saturated carbocycles. The molecule has 0 aromatic heterocycles. The number of nitrogens with zero attached hydrogens (tertiary/aromatic N) is 3. The van der Waals surface area contributed by atoms with Crippen LogP contribution in [0.15, 0.2) is 42.5 Å². The number of anilines is 1. The molecule has 2 aromatic rings. The van der Waals surface area contributed by atoms with Gasteiger partial charge in [0.1, 0.15) is 6.04 Å². The van der Waals surface area contributed by atoms with Gasteiger partial charge in [0.2, 0.25) is 17.7 Å². The molecule has 4 rings (SSSR count). The van der Waals surface area contributed by atoms with Gasteiger partial charge in [0, 0.05) is 51.3 Å². The molecule has 1 atom stereocenters. The Labute approximate surface area is 214 Å². The lowest BCUT2D eigenvalue weighted by molar-refractivity contribution is -0.148. The highest BCUT2D eigenvalue weighted by atomic mass is 16.2. The molecule has 7 nitrogen and oxygen atoms in total. The number of rotatable bonds is 6. The largest absolute Gasteiger partial charge is 0.338 e. The lowest BCUT2D eigenvalue weighted by Crippen LogP contribution is -2.58. The molecule has 2 heterocycles. The summed E-state index contributed by atoms with van der Waals surface area (Å²) in [5.41, 5.74) is 5.23. The van der Waals surface area contributed by atoms with Crippen molar-refractivity contribution < 1.29 is 14.4 Å². The van der Waals surface area contributed by atoms with Crippen molar-refractivity contribution in [2.75, 3.05) is 38.0 Å². The Balaban J connectivity index is 1.37. The molecule has 2 aromatic carbocycles. The third kappa shape index (κ3) is 5.95. The quantitative estimate of drug-likeness (QED) is 0.674. The van der Waals surface area contributed by atoms with E-state index in [1.54, 1.807) is 4.90 Å². The molecule has 1 fully saturated rings. The molecule has 3 amide bonds. The SMILES string of the molecule is Cc1cccc(C)c1NC(=O)CN1CCN(C(=O)C2Cc3ccccc3CN2C(=O)CC(C)C)CC1. The number of amides is 3. The number of carbonyl (C=O) groups excluding carboxylic acids is 3. The Kier molecular flexibility index (Phi) is 8.09. The zero-order chi connectivity index (χ0) is 25.8. The van der Waals surface area contributed by atoms with Crippen LogP contribution in [-0.2, 0) is 27.3 Å². The number of fused-ring (bicyclic) bond motifs is 1. The first-order chi connectivity index (χ1) is 17.2. The number of aryl methyl sites for hydroxylation is 2. The summed E-state index contributed by atoms with van der Waals surface area (Å²) in [7, 11) is 0. The number of para-hydroxylation sites is 1. The van der Waals surface area contributed by atoms with Crippen LogP contribution >= 0.6 is 0 Å². The number of nitrogens with one attached hydrogen (secondary N) is 1. The van der Waals surface area contributed by atoms with Crippen LogP contribution in [0.5, 0.6) is 0 Å². The standard InChI is InChI=1S/C29H38N4O3/c1-20(2)16-27(35)33-18-24-11-6-5-10-23(24)17-25(33)29(36)32-14-12-31(13-15-32)19-26(34)30-28-21(3)8-7-9-22(28)4/h5-11,20,25H,12-19H2,1-4H3,(H,30,34). The van der Waals surface area contributed by atoms with Crippen molar-refractivity contribution >= 4 is 23.4 Å². The lowest BCUT2D eigenvalue weighted by Gasteiger charge is -2.41. The van der Waals surface area contributed by atoms with Crippen LogP contribution in [0, 0.1) is 19.8 Å². The van der Waals surface area contributed by atoms with Crippen LogP contribution in [0.2, 0.25) is 0 Å². The van der Waals surface area contributed by atoms with Gasteiger partial charge in [0.05, 0.1) is 6.54 Å². The Bertz CT molecular complexity index is 1100. The Morgan fingerprint density at radius 1 is 0.917 bits per heavy atom. The smallest absolute Gasteiger partial charge is 0.245 e. The van der Waals surface area contributed by atoms with E-state index in [9.17, 15) is 14.4 Å². The van der Waals surface area contributed by atoms with Crippen LogP contribution in [0.1, 0.15) is 42.5 Å². The van der Waals surface area contributed by atoms with Gasteiger partial charge in [-0.15, -0.1) is 0 Å². The fourth-order valence-corrected chi connectivity index (χ4v) is 5.20. The zero-order valence-electron chi connectivity index (χ0n) is 21.9. The third-order valence-electron chi connectivity index (χ3n) is 7.23. The lowest BCUT2D eigenvalue weighted by atomic mass is 9.92. The maximum absolute atomic E-state index is 13.6. The molecule has 2 aliphatic heterocycles. The Morgan fingerprint density at radius 2 is 1.56 bits per heavy atom. The number of piperazine rings is 1. The van der Waals surface area contributed by atoms with E-state index >= 15 is 0 Å². The number of carbonyl (C=O) groups is 3. The molecule has 0 bridgehead atoms. The third-order valence-corrected chi connectivity index (χ3v) is 7.23. The summed E-state index contributed by atoms with van der Waals surface area (Å²) in [6.45, 7) is 11.2. The topological polar surface area (TPSA) is 73.0 Å². The summed E-state index contributed by atoms with van der Waals surface area (Å²) in [6, 6.07) is 13.6. The van der Waals surface area contributed by atoms with Crippen molar-refractivity contribution in [3.05, 3.63) is 64.7 Å². The summed E-state index contributed by atoms with van der Waals surface area (Å²) in [4.78, 5) is 45.2. The van der Waals surface area contributed by atoms with E-state index in [1.165, 1.54) is 0 Å². The molecular weight excluding hydrogens is 452 g/mol. The first-order valence-corrected chi connectivity index (χ1v) is 13.0. The highest BCUT2D eigenvalue weighted by molar-refractivity contribution is 5.94. The van der Waals surface area contributed by atoms with E-state index in [0.717, 1.165) is 27.9 Å². The Morgan fingerprint density at radius 3 is 2.19 bits per heavy atom. The average Bonchev–Trinajstić information content (AvgIpc) is 2.85. The van der Waals surface area contributed by atoms with Gasteiger partial charge in [-0.1, -0.05) is 56.3 Å². The van der Waals surface area contributed by atoms with Crippen LogP contribution < -0.4 is 5.32 Å². The molecule has 192 valence electrons. The van der Waals surface area contributed by atoms with Gasteiger partial charge < -0.3 is 15.1 Å². The van der Waals surface area contributed by atoms with E-state index < -0.39 is 6.04 Å². The fraction of sp³-hybridized carbons (Fsp3) is 0.483. The predicted octanol–water partition coefficient (Wildman–Crippen LogP) is 3.39. The molecule has 0 aliphatic carbocycles. The summed E-state index contributed by atoms with van der Waals surface area (Å²) in [5.74, 6) is 0.256. The van der Waals surface area contributed by atoms with Gasteiger partial charge >= 0.3 is 0 Å². The van der Waals surface area contributed by atoms with Crippen molar-refractivity contribution in [1.29, 1.82) is 0 Å². The van der Waals surface area contributed by atoms with Crippen molar-refractivity contribution in [3.63, 3.8) is 0 Å². The first-order valence-electron chi connectivity index (χ1n) is 13.0. The Hall–Kier alpha value is -3.19. The zero-order valence-corrected chi connectivity index (χ0v) is 21.9. The minimum absolute atomic E-state index is 0.0150. The molecule has 0 spiro atoms. The van der Waals surface area contributed by atoms with Gasteiger partial charge in [-0.2, -0.15) is 0 Å². The molecular formula is C29H38N4O3. The van der Waals surface area contributed by atoms with Crippen LogP contribution in [-0.4, -0.2) is 71.2 Å². The second-order valence-electron chi connectivity index (χ2n) is 10.5. The van der Waals surface area contributed by atoms with E-state index in [1.807, 2.05) is 69.0 Å². The van der Waals surface area contributed by atoms with E-state index in [4.69, 9.17) is 0 Å². The van der Waals surface area contributed by atoms with Crippen molar-refractivity contribution in [1.82, 2.24) is 14.7 Å². The van der Waals surface area contributed by atoms with E-state index in [2.05, 4.69) is 16.3 Å². The van der Waals surface area contributed by atoms with Gasteiger partial charge in [0.25, 0.3) is 0 Å². The summed E-state index contributed by atoms with van der Waals surface area (Å²) >= 11 is 0. The monoisotopic (exact) mass is 490 g/mol. The highest BCUT2D eigenvalue weighted by Gasteiger charge is 2.37. The minimum Gasteiger partial charge on any atom is -0.338 e. The van der Waals surface area contributed by atoms with Crippen molar-refractivity contribution in [3.8, 4) is 0 Å². The molecule has 0 radical (unpaired) electrons. The number of hydrogen-bond acceptors (Lipinski definition) is 4. The number of benzene rings is 2. The molecule has 2 aliphatic rings. The van der Waals surface area contributed by atoms with E-state index in [-0.39, 0.29) is 23.6 Å². The molecule has 1 saturated heterocycles. The average molecular weight is 491 g/mol. The van der Waals surface area contributed by atoms with Crippen molar-refractivity contribution in [2.45, 2.75) is 53.1 Å². The van der Waals surface area contributed by atoms with Gasteiger partial charge in [-0.3, -0.25) is 19.3 Å². The molecule has 7 heteroatoms. The van der Waals surface area contributed by atoms with Crippen LogP contribution in [0.3, 0.4) is 0 Å². The van der Waals surface area contributed by atoms with Crippen LogP contribution in [0.4, 0.5) is 5.69 Å². The summed E-state index contributed by atoms with van der Waals surface area (Å²) in [5, 5.41) is 3.05. The molecule has 1 unspecified atom stereocenters. The fourth-order valence-electron chi connectivity index (χ4n) is 5.20. The molecule has 1 N–H and O–H groups in total.